The van der Waals surface area contributed by atoms with Crippen molar-refractivity contribution in [2.45, 2.75) is 24.7 Å². The van der Waals surface area contributed by atoms with Gasteiger partial charge < -0.3 is 0 Å². The molecule has 0 aliphatic heterocycles. The molecule has 0 aliphatic rings. The van der Waals surface area contributed by atoms with E-state index in [1.54, 1.807) is 0 Å². The maximum Gasteiger partial charge on any atom is 0.270 e. The molecular formula is C12H12Cl2N2O2S. The lowest BCUT2D eigenvalue weighted by Crippen LogP contribution is -2.16. The average molecular weight is 319 g/mol. The highest BCUT2D eigenvalue weighted by atomic mass is 35.5. The Balaban J connectivity index is 2.62. The van der Waals surface area contributed by atoms with Gasteiger partial charge in [-0.3, -0.25) is 0 Å². The minimum Gasteiger partial charge on any atom is -0.240 e. The third-order valence-corrected chi connectivity index (χ3v) is 4.98. The van der Waals surface area contributed by atoms with Crippen LogP contribution in [0.25, 0.3) is 0 Å². The molecule has 2 rings (SSSR count). The molecular weight excluding hydrogens is 307 g/mol. The van der Waals surface area contributed by atoms with Crippen LogP contribution in [0.1, 0.15) is 25.6 Å². The van der Waals surface area contributed by atoms with Crippen LogP contribution in [0.4, 0.5) is 0 Å². The quantitative estimate of drug-likeness (QED) is 0.869. The molecule has 0 amide bonds. The van der Waals surface area contributed by atoms with Crippen molar-refractivity contribution in [2.75, 3.05) is 0 Å². The van der Waals surface area contributed by atoms with E-state index in [0.717, 1.165) is 3.97 Å². The summed E-state index contributed by atoms with van der Waals surface area (Å²) in [4.78, 5) is 4.08. The highest BCUT2D eigenvalue weighted by Crippen LogP contribution is 2.28. The molecule has 19 heavy (non-hydrogen) atoms. The maximum absolute atomic E-state index is 12.5. The number of halogens is 2. The first kappa shape index (κ1) is 14.4. The molecule has 102 valence electrons. The van der Waals surface area contributed by atoms with Crippen molar-refractivity contribution < 1.29 is 8.42 Å². The van der Waals surface area contributed by atoms with E-state index in [1.165, 1.54) is 30.6 Å². The maximum atomic E-state index is 12.5. The van der Waals surface area contributed by atoms with Crippen LogP contribution in [-0.2, 0) is 10.0 Å². The molecule has 0 aliphatic carbocycles. The van der Waals surface area contributed by atoms with Gasteiger partial charge in [-0.15, -0.1) is 0 Å². The Morgan fingerprint density at radius 2 is 1.95 bits per heavy atom. The third-order valence-electron chi connectivity index (χ3n) is 2.58. The molecule has 1 aromatic carbocycles. The minimum absolute atomic E-state index is 0.0125. The Kier molecular flexibility index (Phi) is 3.90. The summed E-state index contributed by atoms with van der Waals surface area (Å²) in [6.07, 6.45) is 2.87. The number of hydrogen-bond donors (Lipinski definition) is 0. The van der Waals surface area contributed by atoms with E-state index >= 15 is 0 Å². The number of imidazole rings is 1. The number of hydrogen-bond acceptors (Lipinski definition) is 3. The lowest BCUT2D eigenvalue weighted by Gasteiger charge is -2.12. The molecule has 0 saturated heterocycles. The molecule has 7 heteroatoms. The smallest absolute Gasteiger partial charge is 0.240 e. The van der Waals surface area contributed by atoms with Gasteiger partial charge >= 0.3 is 0 Å². The fourth-order valence-electron chi connectivity index (χ4n) is 1.70. The molecule has 0 saturated carbocycles. The van der Waals surface area contributed by atoms with Crippen LogP contribution in [0.3, 0.4) is 0 Å². The fraction of sp³-hybridized carbons (Fsp3) is 0.250. The van der Waals surface area contributed by atoms with E-state index in [4.69, 9.17) is 23.2 Å². The molecule has 0 fully saturated rings. The molecule has 0 bridgehead atoms. The van der Waals surface area contributed by atoms with E-state index in [0.29, 0.717) is 10.8 Å². The SMILES string of the molecule is CC(C)c1nccn1S(=O)(=O)c1ccc(Cl)cc1Cl. The Morgan fingerprint density at radius 3 is 2.53 bits per heavy atom. The van der Waals surface area contributed by atoms with Crippen molar-refractivity contribution in [1.29, 1.82) is 0 Å². The van der Waals surface area contributed by atoms with Crippen molar-refractivity contribution in [3.05, 3.63) is 46.5 Å². The lowest BCUT2D eigenvalue weighted by molar-refractivity contribution is 0.581. The van der Waals surface area contributed by atoms with Gasteiger partial charge in [-0.1, -0.05) is 37.0 Å². The predicted molar refractivity (Wildman–Crippen MR) is 75.4 cm³/mol. The van der Waals surface area contributed by atoms with Crippen LogP contribution in [-0.4, -0.2) is 17.4 Å². The van der Waals surface area contributed by atoms with Gasteiger partial charge in [-0.05, 0) is 18.2 Å². The first-order valence-electron chi connectivity index (χ1n) is 5.58. The normalized spacial score (nSPS) is 12.1. The molecule has 0 N–H and O–H groups in total. The van der Waals surface area contributed by atoms with Crippen molar-refractivity contribution in [2.24, 2.45) is 0 Å². The molecule has 0 unspecified atom stereocenters. The largest absolute Gasteiger partial charge is 0.270 e. The van der Waals surface area contributed by atoms with Crippen LogP contribution in [0.15, 0.2) is 35.5 Å². The molecule has 1 heterocycles. The van der Waals surface area contributed by atoms with Gasteiger partial charge in [-0.2, -0.15) is 0 Å². The van der Waals surface area contributed by atoms with Gasteiger partial charge in [-0.25, -0.2) is 17.4 Å². The summed E-state index contributed by atoms with van der Waals surface area (Å²) >= 11 is 11.7. The summed E-state index contributed by atoms with van der Waals surface area (Å²) in [6.45, 7) is 3.75. The van der Waals surface area contributed by atoms with E-state index in [-0.39, 0.29) is 15.8 Å². The van der Waals surface area contributed by atoms with Crippen molar-refractivity contribution in [3.63, 3.8) is 0 Å². The first-order valence-corrected chi connectivity index (χ1v) is 7.77. The van der Waals surface area contributed by atoms with E-state index in [2.05, 4.69) is 4.98 Å². The number of aromatic nitrogens is 2. The molecule has 0 radical (unpaired) electrons. The number of nitrogens with zero attached hydrogens (tertiary/aromatic N) is 2. The first-order chi connectivity index (χ1) is 8.84. The Labute approximate surface area is 122 Å². The standard InChI is InChI=1S/C12H12Cl2N2O2S/c1-8(2)12-15-5-6-16(12)19(17,18)11-4-3-9(13)7-10(11)14/h3-8H,1-2H3. The summed E-state index contributed by atoms with van der Waals surface area (Å²) in [5.74, 6) is 0.446. The summed E-state index contributed by atoms with van der Waals surface area (Å²) < 4.78 is 26.2. The highest BCUT2D eigenvalue weighted by Gasteiger charge is 2.24. The third kappa shape index (κ3) is 2.63. The zero-order chi connectivity index (χ0) is 14.2. The van der Waals surface area contributed by atoms with Gasteiger partial charge in [0.05, 0.1) is 5.02 Å². The molecule has 1 aromatic heterocycles. The Morgan fingerprint density at radius 1 is 1.26 bits per heavy atom. The Bertz CT molecular complexity index is 708. The summed E-state index contributed by atoms with van der Waals surface area (Å²) in [5.41, 5.74) is 0. The zero-order valence-electron chi connectivity index (χ0n) is 10.3. The van der Waals surface area contributed by atoms with Crippen LogP contribution in [0, 0.1) is 0 Å². The molecule has 4 nitrogen and oxygen atoms in total. The van der Waals surface area contributed by atoms with Gasteiger partial charge in [0.2, 0.25) is 0 Å². The van der Waals surface area contributed by atoms with Crippen LogP contribution in [0.2, 0.25) is 10.0 Å². The predicted octanol–water partition coefficient (Wildman–Crippen LogP) is 3.55. The topological polar surface area (TPSA) is 52.0 Å². The highest BCUT2D eigenvalue weighted by molar-refractivity contribution is 7.90. The second-order valence-electron chi connectivity index (χ2n) is 4.32. The second-order valence-corrected chi connectivity index (χ2v) is 6.94. The van der Waals surface area contributed by atoms with Crippen LogP contribution < -0.4 is 0 Å². The molecule has 0 atom stereocenters. The van der Waals surface area contributed by atoms with Gasteiger partial charge in [0, 0.05) is 23.3 Å². The molecule has 2 aromatic rings. The molecule has 0 spiro atoms. The Hall–Kier alpha value is -1.04. The zero-order valence-corrected chi connectivity index (χ0v) is 12.7. The monoisotopic (exact) mass is 318 g/mol. The average Bonchev–Trinajstić information content (AvgIpc) is 2.77. The summed E-state index contributed by atoms with van der Waals surface area (Å²) in [6, 6.07) is 4.29. The fourth-order valence-corrected chi connectivity index (χ4v) is 3.88. The van der Waals surface area contributed by atoms with Crippen molar-refractivity contribution in [1.82, 2.24) is 8.96 Å². The van der Waals surface area contributed by atoms with Gasteiger partial charge in [0.1, 0.15) is 10.7 Å². The minimum atomic E-state index is -3.76. The number of benzene rings is 1. The van der Waals surface area contributed by atoms with Gasteiger partial charge in [0.15, 0.2) is 0 Å². The van der Waals surface area contributed by atoms with Crippen LogP contribution in [0.5, 0.6) is 0 Å². The van der Waals surface area contributed by atoms with Crippen LogP contribution >= 0.6 is 23.2 Å². The lowest BCUT2D eigenvalue weighted by atomic mass is 10.2. The number of rotatable bonds is 3. The van der Waals surface area contributed by atoms with Crippen molar-refractivity contribution in [3.8, 4) is 0 Å². The van der Waals surface area contributed by atoms with E-state index in [1.807, 2.05) is 13.8 Å². The summed E-state index contributed by atoms with van der Waals surface area (Å²) in [5, 5.41) is 0.481. The van der Waals surface area contributed by atoms with Gasteiger partial charge in [0.25, 0.3) is 10.0 Å². The van der Waals surface area contributed by atoms with E-state index < -0.39 is 10.0 Å². The summed E-state index contributed by atoms with van der Waals surface area (Å²) in [7, 11) is -3.76. The second kappa shape index (κ2) is 5.15. The van der Waals surface area contributed by atoms with E-state index in [9.17, 15) is 8.42 Å². The van der Waals surface area contributed by atoms with Crippen molar-refractivity contribution >= 4 is 33.2 Å².